The molecule has 252 valence electrons. The summed E-state index contributed by atoms with van der Waals surface area (Å²) < 4.78 is 17.8. The van der Waals surface area contributed by atoms with E-state index in [-0.39, 0.29) is 29.9 Å². The van der Waals surface area contributed by atoms with Crippen LogP contribution in [0.15, 0.2) is 36.4 Å². The Hall–Kier alpha value is -1.88. The lowest BCUT2D eigenvalue weighted by atomic mass is 10.1. The molecule has 11 heteroatoms. The molecule has 1 atom stereocenters. The van der Waals surface area contributed by atoms with Gasteiger partial charge in [-0.2, -0.15) is 0 Å². The summed E-state index contributed by atoms with van der Waals surface area (Å²) in [5.41, 5.74) is 1.92. The van der Waals surface area contributed by atoms with Crippen LogP contribution < -0.4 is 20.9 Å². The van der Waals surface area contributed by atoms with E-state index in [1.807, 2.05) is 34.6 Å². The maximum absolute atomic E-state index is 12.3. The Morgan fingerprint density at radius 3 is 2.18 bits per heavy atom. The first-order valence-electron chi connectivity index (χ1n) is 15.5. The van der Waals surface area contributed by atoms with E-state index in [1.54, 1.807) is 6.92 Å². The molecule has 1 rings (SSSR count). The molecule has 0 aliphatic heterocycles. The summed E-state index contributed by atoms with van der Waals surface area (Å²) in [7, 11) is 0. The quantitative estimate of drug-likeness (QED) is 0.0769. The topological polar surface area (TPSA) is 101 Å². The number of benzene rings is 1. The number of hydrogen-bond acceptors (Lipinski definition) is 7. The van der Waals surface area contributed by atoms with Gasteiger partial charge < -0.3 is 35.1 Å². The number of anilines is 1. The molecule has 9 nitrogen and oxygen atoms in total. The van der Waals surface area contributed by atoms with Crippen molar-refractivity contribution in [1.82, 2.24) is 16.0 Å². The third kappa shape index (κ3) is 18.8. The molecule has 0 saturated carbocycles. The number of nitrogens with zero attached hydrogens (tertiary/aromatic N) is 1. The average molecular weight is 660 g/mol. The number of carbonyl (C=O) groups excluding carboxylic acids is 2. The molecule has 0 heterocycles. The van der Waals surface area contributed by atoms with Crippen LogP contribution in [0.2, 0.25) is 0 Å². The van der Waals surface area contributed by atoms with Gasteiger partial charge >= 0.3 is 0 Å². The van der Waals surface area contributed by atoms with E-state index < -0.39 is 5.60 Å². The lowest BCUT2D eigenvalue weighted by Gasteiger charge is -2.27. The second-order valence-electron chi connectivity index (χ2n) is 12.2. The summed E-state index contributed by atoms with van der Waals surface area (Å²) in [5, 5.41) is 9.19. The fourth-order valence-corrected chi connectivity index (χ4v) is 4.53. The van der Waals surface area contributed by atoms with Crippen LogP contribution in [0.3, 0.4) is 0 Å². The van der Waals surface area contributed by atoms with Gasteiger partial charge in [0.25, 0.3) is 0 Å². The van der Waals surface area contributed by atoms with Gasteiger partial charge in [0.05, 0.1) is 37.1 Å². The fraction of sp³-hybridized carbons (Fsp3) is 0.697. The zero-order chi connectivity index (χ0) is 33.0. The SMILES string of the molecule is C=C(C)C(=O)NCCC(C)OCC(C)(C)OCCC(=O)NCCC(C)(C)OCCNCc1ccc(N(CCCl)CCCl)cc1. The highest BCUT2D eigenvalue weighted by atomic mass is 35.5. The molecule has 0 radical (unpaired) electrons. The Kier molecular flexibility index (Phi) is 19.9. The Morgan fingerprint density at radius 1 is 0.932 bits per heavy atom. The van der Waals surface area contributed by atoms with Gasteiger partial charge in [0.15, 0.2) is 0 Å². The zero-order valence-electron chi connectivity index (χ0n) is 27.7. The smallest absolute Gasteiger partial charge is 0.246 e. The van der Waals surface area contributed by atoms with Crippen molar-refractivity contribution in [3.05, 3.63) is 42.0 Å². The third-order valence-corrected chi connectivity index (χ3v) is 7.26. The van der Waals surface area contributed by atoms with Crippen molar-refractivity contribution in [1.29, 1.82) is 0 Å². The maximum Gasteiger partial charge on any atom is 0.246 e. The van der Waals surface area contributed by atoms with Crippen LogP contribution >= 0.6 is 23.2 Å². The van der Waals surface area contributed by atoms with Gasteiger partial charge in [-0.05, 0) is 72.1 Å². The second kappa shape index (κ2) is 21.8. The van der Waals surface area contributed by atoms with Crippen molar-refractivity contribution in [2.45, 2.75) is 84.7 Å². The van der Waals surface area contributed by atoms with Gasteiger partial charge in [-0.25, -0.2) is 0 Å². The lowest BCUT2D eigenvalue weighted by molar-refractivity contribution is -0.127. The van der Waals surface area contributed by atoms with Gasteiger partial charge in [-0.15, -0.1) is 23.2 Å². The maximum atomic E-state index is 12.3. The van der Waals surface area contributed by atoms with Crippen molar-refractivity contribution in [2.24, 2.45) is 0 Å². The molecule has 0 spiro atoms. The Morgan fingerprint density at radius 2 is 1.57 bits per heavy atom. The fourth-order valence-electron chi connectivity index (χ4n) is 4.12. The monoisotopic (exact) mass is 658 g/mol. The van der Waals surface area contributed by atoms with Crippen molar-refractivity contribution < 1.29 is 23.8 Å². The molecule has 0 aliphatic rings. The molecule has 1 unspecified atom stereocenters. The molecule has 44 heavy (non-hydrogen) atoms. The highest BCUT2D eigenvalue weighted by Gasteiger charge is 2.21. The van der Waals surface area contributed by atoms with Crippen LogP contribution in [0.25, 0.3) is 0 Å². The molecule has 0 aliphatic carbocycles. The van der Waals surface area contributed by atoms with Crippen LogP contribution in [0, 0.1) is 0 Å². The van der Waals surface area contributed by atoms with Crippen molar-refractivity contribution in [3.8, 4) is 0 Å². The van der Waals surface area contributed by atoms with Crippen LogP contribution in [-0.2, 0) is 30.3 Å². The predicted molar refractivity (Wildman–Crippen MR) is 182 cm³/mol. The van der Waals surface area contributed by atoms with E-state index in [0.29, 0.717) is 63.1 Å². The summed E-state index contributed by atoms with van der Waals surface area (Å²) in [6, 6.07) is 8.43. The molecule has 0 aromatic heterocycles. The number of ether oxygens (including phenoxy) is 3. The highest BCUT2D eigenvalue weighted by molar-refractivity contribution is 6.18. The highest BCUT2D eigenvalue weighted by Crippen LogP contribution is 2.17. The number of halogens is 2. The minimum atomic E-state index is -0.529. The van der Waals surface area contributed by atoms with E-state index in [4.69, 9.17) is 37.4 Å². The summed E-state index contributed by atoms with van der Waals surface area (Å²) in [4.78, 5) is 26.1. The van der Waals surface area contributed by atoms with Crippen LogP contribution in [-0.4, -0.2) is 93.4 Å². The van der Waals surface area contributed by atoms with Crippen molar-refractivity contribution >= 4 is 40.7 Å². The minimum absolute atomic E-state index is 0.0368. The second-order valence-corrected chi connectivity index (χ2v) is 13.0. The van der Waals surface area contributed by atoms with E-state index >= 15 is 0 Å². The first kappa shape index (κ1) is 40.1. The largest absolute Gasteiger partial charge is 0.375 e. The molecule has 1 aromatic rings. The molecular weight excluding hydrogens is 603 g/mol. The van der Waals surface area contributed by atoms with Crippen LogP contribution in [0.1, 0.15) is 66.4 Å². The van der Waals surface area contributed by atoms with Gasteiger partial charge in [-0.1, -0.05) is 18.7 Å². The number of nitrogens with one attached hydrogen (secondary N) is 3. The first-order valence-corrected chi connectivity index (χ1v) is 16.6. The van der Waals surface area contributed by atoms with E-state index in [1.165, 1.54) is 5.56 Å². The molecule has 0 bridgehead atoms. The Balaban J connectivity index is 2.18. The predicted octanol–water partition coefficient (Wildman–Crippen LogP) is 5.03. The summed E-state index contributed by atoms with van der Waals surface area (Å²) in [5.74, 6) is 0.928. The van der Waals surface area contributed by atoms with Crippen molar-refractivity contribution in [2.75, 3.05) is 69.2 Å². The summed E-state index contributed by atoms with van der Waals surface area (Å²) in [6.07, 6.45) is 1.63. The minimum Gasteiger partial charge on any atom is -0.375 e. The number of hydrogen-bond donors (Lipinski definition) is 3. The van der Waals surface area contributed by atoms with Gasteiger partial charge in [-0.3, -0.25) is 9.59 Å². The van der Waals surface area contributed by atoms with Gasteiger partial charge in [0.1, 0.15) is 0 Å². The normalized spacial score (nSPS) is 12.5. The van der Waals surface area contributed by atoms with Gasteiger partial charge in [0.2, 0.25) is 11.8 Å². The molecule has 3 N–H and O–H groups in total. The molecule has 2 amide bonds. The number of rotatable bonds is 25. The van der Waals surface area contributed by atoms with Gasteiger partial charge in [0, 0.05) is 68.7 Å². The van der Waals surface area contributed by atoms with Crippen LogP contribution in [0.4, 0.5) is 5.69 Å². The average Bonchev–Trinajstić information content (AvgIpc) is 2.96. The molecule has 0 saturated heterocycles. The number of carbonyl (C=O) groups is 2. The first-order chi connectivity index (χ1) is 20.8. The van der Waals surface area contributed by atoms with E-state index in [2.05, 4.69) is 51.7 Å². The summed E-state index contributed by atoms with van der Waals surface area (Å²) >= 11 is 11.8. The van der Waals surface area contributed by atoms with Crippen LogP contribution in [0.5, 0.6) is 0 Å². The standard InChI is InChI=1S/C33H56Cl2N4O5/c1-26(2)31(41)38-17-12-27(3)42-25-33(6,7)43-22-13-30(40)37-18-14-32(4,5)44-23-19-36-24-28-8-10-29(11-9-28)39(20-15-34)21-16-35/h8-11,27,36H,1,12-25H2,2-7H3,(H,37,40)(H,38,41). The lowest BCUT2D eigenvalue weighted by Crippen LogP contribution is -2.36. The van der Waals surface area contributed by atoms with Crippen molar-refractivity contribution in [3.63, 3.8) is 0 Å². The number of alkyl halides is 2. The van der Waals surface area contributed by atoms with E-state index in [0.717, 1.165) is 31.9 Å². The Bertz CT molecular complexity index is 969. The molecule has 1 aromatic carbocycles. The molecule has 0 fully saturated rings. The third-order valence-electron chi connectivity index (χ3n) is 6.92. The number of amides is 2. The van der Waals surface area contributed by atoms with E-state index in [9.17, 15) is 9.59 Å². The molecular formula is C33H56Cl2N4O5. The zero-order valence-corrected chi connectivity index (χ0v) is 29.2. The Labute approximate surface area is 275 Å². The summed E-state index contributed by atoms with van der Waals surface area (Å²) in [6.45, 7) is 20.5.